The summed E-state index contributed by atoms with van der Waals surface area (Å²) in [7, 11) is 0. The smallest absolute Gasteiger partial charge is 0.545 e. The molecule has 2 nitrogen and oxygen atoms in total. The molecule has 0 N–H and O–H groups in total. The summed E-state index contributed by atoms with van der Waals surface area (Å²) >= 11 is 3.89. The Bertz CT molecular complexity index is 62.6. The second-order valence-corrected chi connectivity index (χ2v) is 0.673. The molecule has 0 radical (unpaired) electrons. The number of thiocarbonyl (C=S) groups is 1. The molecule has 0 aromatic heterocycles. The zero-order valence-corrected chi connectivity index (χ0v) is 6.12. The molecule has 0 aromatic rings. The molecule has 0 aromatic carbocycles. The summed E-state index contributed by atoms with van der Waals surface area (Å²) in [4.78, 5) is 9.10. The van der Waals surface area contributed by atoms with Crippen LogP contribution in [0, 0.1) is 0 Å². The minimum Gasteiger partial charge on any atom is -0.545 e. The fourth-order valence-electron chi connectivity index (χ4n) is 0. The first-order chi connectivity index (χ1) is 2.27. The molecule has 0 bridgehead atoms. The maximum Gasteiger partial charge on any atom is 1.00 e. The van der Waals surface area contributed by atoms with Crippen molar-refractivity contribution in [2.24, 2.45) is 0 Å². The van der Waals surface area contributed by atoms with Gasteiger partial charge in [0.2, 0.25) is 0 Å². The molecule has 0 aliphatic rings. The van der Waals surface area contributed by atoms with Gasteiger partial charge in [-0.05, 0) is 0 Å². The standard InChI is InChI=1S/C2H2O2S.Na/c3-2(4)1-5;/h1H,(H,3,4);/q;+1/p-1. The summed E-state index contributed by atoms with van der Waals surface area (Å²) in [6.45, 7) is 0. The molecular formula is C2HNaO2S. The second kappa shape index (κ2) is 5.56. The molecule has 0 unspecified atom stereocenters. The fourth-order valence-corrected chi connectivity index (χ4v) is 0. The van der Waals surface area contributed by atoms with E-state index >= 15 is 0 Å². The Morgan fingerprint density at radius 1 is 1.83 bits per heavy atom. The van der Waals surface area contributed by atoms with Crippen LogP contribution in [0.4, 0.5) is 0 Å². The van der Waals surface area contributed by atoms with E-state index < -0.39 is 5.97 Å². The van der Waals surface area contributed by atoms with E-state index in [2.05, 4.69) is 12.2 Å². The van der Waals surface area contributed by atoms with Crippen LogP contribution in [0.25, 0.3) is 0 Å². The predicted octanol–water partition coefficient (Wildman–Crippen LogP) is -4.26. The van der Waals surface area contributed by atoms with Crippen LogP contribution >= 0.6 is 12.2 Å². The molecule has 0 heterocycles. The van der Waals surface area contributed by atoms with Crippen LogP contribution in [-0.2, 0) is 4.79 Å². The van der Waals surface area contributed by atoms with Crippen LogP contribution in [0.3, 0.4) is 0 Å². The third-order valence-electron chi connectivity index (χ3n) is 0.0962. The minimum atomic E-state index is -1.31. The van der Waals surface area contributed by atoms with E-state index in [9.17, 15) is 0 Å². The van der Waals surface area contributed by atoms with Gasteiger partial charge in [-0.1, -0.05) is 12.2 Å². The van der Waals surface area contributed by atoms with Crippen LogP contribution in [-0.4, -0.2) is 11.3 Å². The Labute approximate surface area is 62.8 Å². The topological polar surface area (TPSA) is 40.1 Å². The predicted molar refractivity (Wildman–Crippen MR) is 18.7 cm³/mol. The van der Waals surface area contributed by atoms with Gasteiger partial charge in [0.25, 0.3) is 0 Å². The Morgan fingerprint density at radius 3 is 2.00 bits per heavy atom. The van der Waals surface area contributed by atoms with E-state index in [4.69, 9.17) is 9.90 Å². The maximum atomic E-state index is 9.10. The normalized spacial score (nSPS) is 5.33. The summed E-state index contributed by atoms with van der Waals surface area (Å²) < 4.78 is 0. The molecule has 0 spiro atoms. The molecule has 6 heavy (non-hydrogen) atoms. The minimum absolute atomic E-state index is 0. The first-order valence-corrected chi connectivity index (χ1v) is 1.40. The van der Waals surface area contributed by atoms with Crippen molar-refractivity contribution in [3.63, 3.8) is 0 Å². The van der Waals surface area contributed by atoms with Gasteiger partial charge in [0, 0.05) is 5.37 Å². The number of carbonyl (C=O) groups is 1. The van der Waals surface area contributed by atoms with Crippen LogP contribution in [0.2, 0.25) is 0 Å². The van der Waals surface area contributed by atoms with Crippen molar-refractivity contribution in [2.75, 3.05) is 0 Å². The molecule has 0 saturated heterocycles. The average Bonchev–Trinajstić information content (AvgIpc) is 1.38. The summed E-state index contributed by atoms with van der Waals surface area (Å²) in [5, 5.41) is 9.65. The number of hydrogen-bond donors (Lipinski definition) is 0. The molecule has 0 atom stereocenters. The molecule has 0 rings (SSSR count). The van der Waals surface area contributed by atoms with Crippen LogP contribution in [0.5, 0.6) is 0 Å². The van der Waals surface area contributed by atoms with Crippen molar-refractivity contribution in [2.45, 2.75) is 0 Å². The van der Waals surface area contributed by atoms with Crippen molar-refractivity contribution in [3.05, 3.63) is 0 Å². The zero-order valence-electron chi connectivity index (χ0n) is 3.30. The van der Waals surface area contributed by atoms with Crippen molar-refractivity contribution in [1.29, 1.82) is 0 Å². The number of rotatable bonds is 1. The Morgan fingerprint density at radius 2 is 2.00 bits per heavy atom. The van der Waals surface area contributed by atoms with Crippen LogP contribution in [0.1, 0.15) is 0 Å². The van der Waals surface area contributed by atoms with E-state index in [1.807, 2.05) is 0 Å². The zero-order chi connectivity index (χ0) is 4.28. The van der Waals surface area contributed by atoms with Gasteiger partial charge in [0.05, 0.1) is 5.97 Å². The third kappa shape index (κ3) is 8.82. The molecule has 28 valence electrons. The number of aliphatic carboxylic acids is 1. The van der Waals surface area contributed by atoms with E-state index in [1.54, 1.807) is 0 Å². The van der Waals surface area contributed by atoms with Gasteiger partial charge >= 0.3 is 29.6 Å². The summed E-state index contributed by atoms with van der Waals surface area (Å²) in [5.74, 6) is -1.31. The molecule has 0 aliphatic heterocycles. The monoisotopic (exact) mass is 112 g/mol. The van der Waals surface area contributed by atoms with Gasteiger partial charge in [0.1, 0.15) is 0 Å². The number of carboxylic acids is 1. The molecule has 0 aliphatic carbocycles. The second-order valence-electron chi connectivity index (χ2n) is 0.437. The summed E-state index contributed by atoms with van der Waals surface area (Å²) in [6, 6.07) is 0. The molecular weight excluding hydrogens is 111 g/mol. The van der Waals surface area contributed by atoms with Gasteiger partial charge in [0.15, 0.2) is 0 Å². The average molecular weight is 112 g/mol. The SMILES string of the molecule is O=C([O-])C=S.[Na+]. The maximum absolute atomic E-state index is 9.10. The Kier molecular flexibility index (Phi) is 9.04. The van der Waals surface area contributed by atoms with Gasteiger partial charge in [-0.15, -0.1) is 0 Å². The first-order valence-electron chi connectivity index (χ1n) is 0.933. The van der Waals surface area contributed by atoms with Gasteiger partial charge in [-0.2, -0.15) is 0 Å². The van der Waals surface area contributed by atoms with Crippen molar-refractivity contribution < 1.29 is 39.5 Å². The van der Waals surface area contributed by atoms with E-state index in [1.165, 1.54) is 0 Å². The van der Waals surface area contributed by atoms with E-state index in [0.717, 1.165) is 0 Å². The quantitative estimate of drug-likeness (QED) is 0.255. The van der Waals surface area contributed by atoms with Crippen molar-refractivity contribution in [3.8, 4) is 0 Å². The van der Waals surface area contributed by atoms with Crippen molar-refractivity contribution in [1.82, 2.24) is 0 Å². The van der Waals surface area contributed by atoms with Crippen LogP contribution < -0.4 is 34.7 Å². The largest absolute Gasteiger partial charge is 1.00 e. The molecule has 0 saturated carbocycles. The fraction of sp³-hybridized carbons (Fsp3) is 0. The Balaban J connectivity index is 0. The number of carbonyl (C=O) groups excluding carboxylic acids is 1. The molecule has 0 fully saturated rings. The van der Waals surface area contributed by atoms with Crippen LogP contribution in [0.15, 0.2) is 0 Å². The number of carboxylic acid groups (broad SMARTS) is 1. The van der Waals surface area contributed by atoms with Crippen molar-refractivity contribution >= 4 is 23.6 Å². The molecule has 0 amide bonds. The number of hydrogen-bond acceptors (Lipinski definition) is 3. The molecule has 4 heteroatoms. The first kappa shape index (κ1) is 9.75. The van der Waals surface area contributed by atoms with E-state index in [-0.39, 0.29) is 29.6 Å². The van der Waals surface area contributed by atoms with Gasteiger partial charge in [-0.3, -0.25) is 0 Å². The van der Waals surface area contributed by atoms with Gasteiger partial charge < -0.3 is 9.90 Å². The summed E-state index contributed by atoms with van der Waals surface area (Å²) in [5.41, 5.74) is 0. The summed E-state index contributed by atoms with van der Waals surface area (Å²) in [6.07, 6.45) is 0. The van der Waals surface area contributed by atoms with Gasteiger partial charge in [-0.25, -0.2) is 0 Å². The Hall–Kier alpha value is 0.560. The van der Waals surface area contributed by atoms with E-state index in [0.29, 0.717) is 5.37 Å². The third-order valence-corrected chi connectivity index (χ3v) is 0.289.